The molecule has 2 amide bonds. The first-order valence-electron chi connectivity index (χ1n) is 11.0. The van der Waals surface area contributed by atoms with Crippen LogP contribution in [0.3, 0.4) is 0 Å². The van der Waals surface area contributed by atoms with Crippen LogP contribution < -0.4 is 5.73 Å². The number of hydrogen-bond donors (Lipinski definition) is 2. The number of aromatic nitrogens is 1. The Balaban J connectivity index is 1.40. The molecule has 8 heteroatoms. The third-order valence-corrected chi connectivity index (χ3v) is 6.39. The second-order valence-corrected chi connectivity index (χ2v) is 8.56. The molecule has 1 atom stereocenters. The molecule has 0 aliphatic carbocycles. The number of rotatable bonds is 8. The number of fused-ring (bicyclic) bond motifs is 1. The number of benzene rings is 1. The van der Waals surface area contributed by atoms with E-state index >= 15 is 0 Å². The Morgan fingerprint density at radius 1 is 1.12 bits per heavy atom. The Hall–Kier alpha value is -3.26. The number of piperidine rings is 1. The van der Waals surface area contributed by atoms with Crippen LogP contribution in [0.25, 0.3) is 0 Å². The van der Waals surface area contributed by atoms with Gasteiger partial charge in [0, 0.05) is 24.6 Å². The number of likely N-dealkylation sites (tertiary alicyclic amines) is 1. The fraction of sp³-hybridized carbons (Fsp3) is 0.417. The van der Waals surface area contributed by atoms with Crippen LogP contribution in [-0.4, -0.2) is 56.8 Å². The molecule has 1 aromatic carbocycles. The molecule has 4 rings (SSSR count). The van der Waals surface area contributed by atoms with Gasteiger partial charge in [-0.15, -0.1) is 0 Å². The Morgan fingerprint density at radius 3 is 2.50 bits per heavy atom. The lowest BCUT2D eigenvalue weighted by Gasteiger charge is -2.31. The van der Waals surface area contributed by atoms with Gasteiger partial charge in [0.2, 0.25) is 5.91 Å². The summed E-state index contributed by atoms with van der Waals surface area (Å²) >= 11 is 0. The van der Waals surface area contributed by atoms with Crippen molar-refractivity contribution in [2.45, 2.75) is 50.7 Å². The van der Waals surface area contributed by atoms with Crippen LogP contribution in [0.1, 0.15) is 58.9 Å². The minimum absolute atomic E-state index is 0.00285. The highest BCUT2D eigenvalue weighted by molar-refractivity contribution is 6.00. The summed E-state index contributed by atoms with van der Waals surface area (Å²) in [6.07, 6.45) is 1.90. The van der Waals surface area contributed by atoms with Crippen LogP contribution >= 0.6 is 0 Å². The Morgan fingerprint density at radius 2 is 1.84 bits per heavy atom. The van der Waals surface area contributed by atoms with Gasteiger partial charge in [0.1, 0.15) is 6.04 Å². The first-order chi connectivity index (χ1) is 15.4. The van der Waals surface area contributed by atoms with Crippen molar-refractivity contribution >= 4 is 17.8 Å². The molecule has 2 aromatic rings. The zero-order valence-corrected chi connectivity index (χ0v) is 17.9. The Labute approximate surface area is 187 Å². The Bertz CT molecular complexity index is 1000. The number of nitrogens with zero attached hydrogens (tertiary/aromatic N) is 3. The number of carbonyl (C=O) groups excluding carboxylic acids is 2. The molecule has 3 N–H and O–H groups in total. The van der Waals surface area contributed by atoms with Gasteiger partial charge in [-0.1, -0.05) is 30.3 Å². The maximum atomic E-state index is 12.8. The summed E-state index contributed by atoms with van der Waals surface area (Å²) in [5.41, 5.74) is 8.49. The zero-order chi connectivity index (χ0) is 22.7. The summed E-state index contributed by atoms with van der Waals surface area (Å²) in [4.78, 5) is 44.1. The lowest BCUT2D eigenvalue weighted by molar-refractivity contribution is -0.142. The number of hydrogen-bond acceptors (Lipinski definition) is 5. The fourth-order valence-electron chi connectivity index (χ4n) is 4.62. The average molecular weight is 437 g/mol. The first kappa shape index (κ1) is 22.0. The van der Waals surface area contributed by atoms with Gasteiger partial charge in [-0.05, 0) is 50.0 Å². The summed E-state index contributed by atoms with van der Waals surface area (Å²) in [7, 11) is 0. The number of carbonyl (C=O) groups is 3. The number of primary amides is 1. The van der Waals surface area contributed by atoms with Crippen molar-refractivity contribution in [3.8, 4) is 0 Å². The van der Waals surface area contributed by atoms with Crippen molar-refractivity contribution < 1.29 is 19.5 Å². The molecule has 1 unspecified atom stereocenters. The van der Waals surface area contributed by atoms with Crippen LogP contribution in [0, 0.1) is 0 Å². The molecule has 3 heterocycles. The van der Waals surface area contributed by atoms with Crippen molar-refractivity contribution in [2.75, 3.05) is 13.1 Å². The molecule has 0 bridgehead atoms. The maximum absolute atomic E-state index is 12.8. The highest BCUT2D eigenvalue weighted by atomic mass is 16.4. The van der Waals surface area contributed by atoms with Gasteiger partial charge in [-0.3, -0.25) is 19.5 Å². The average Bonchev–Trinajstić information content (AvgIpc) is 3.10. The largest absolute Gasteiger partial charge is 0.480 e. The molecule has 32 heavy (non-hydrogen) atoms. The van der Waals surface area contributed by atoms with Crippen molar-refractivity contribution in [2.24, 2.45) is 5.73 Å². The van der Waals surface area contributed by atoms with Crippen LogP contribution in [0.5, 0.6) is 0 Å². The SMILES string of the molecule is NC(=O)CCC(C(=O)O)N1Cc2nc(C3CCN(Cc4ccccc4)CC3)ccc2C1=O. The van der Waals surface area contributed by atoms with Gasteiger partial charge < -0.3 is 15.7 Å². The van der Waals surface area contributed by atoms with Crippen molar-refractivity contribution in [3.05, 3.63) is 65.0 Å². The summed E-state index contributed by atoms with van der Waals surface area (Å²) in [5, 5.41) is 9.56. The molecular formula is C24H28N4O4. The summed E-state index contributed by atoms with van der Waals surface area (Å²) < 4.78 is 0. The number of aliphatic carboxylic acids is 1. The second kappa shape index (κ2) is 9.48. The lowest BCUT2D eigenvalue weighted by Crippen LogP contribution is -2.42. The molecule has 0 radical (unpaired) electrons. The third-order valence-electron chi connectivity index (χ3n) is 6.39. The molecular weight excluding hydrogens is 408 g/mol. The van der Waals surface area contributed by atoms with Crippen molar-refractivity contribution in [1.82, 2.24) is 14.8 Å². The topological polar surface area (TPSA) is 117 Å². The summed E-state index contributed by atoms with van der Waals surface area (Å²) in [6.45, 7) is 3.05. The normalized spacial score (nSPS) is 17.9. The number of carboxylic acid groups (broad SMARTS) is 1. The van der Waals surface area contributed by atoms with E-state index in [1.165, 1.54) is 10.5 Å². The molecule has 0 spiro atoms. The minimum Gasteiger partial charge on any atom is -0.480 e. The van der Waals surface area contributed by atoms with Gasteiger partial charge >= 0.3 is 5.97 Å². The van der Waals surface area contributed by atoms with E-state index in [1.807, 2.05) is 12.1 Å². The number of nitrogens with two attached hydrogens (primary N) is 1. The van der Waals surface area contributed by atoms with Crippen LogP contribution in [0.15, 0.2) is 42.5 Å². The summed E-state index contributed by atoms with van der Waals surface area (Å²) in [6, 6.07) is 13.0. The predicted molar refractivity (Wildman–Crippen MR) is 118 cm³/mol. The van der Waals surface area contributed by atoms with E-state index in [0.717, 1.165) is 38.2 Å². The molecule has 0 saturated carbocycles. The molecule has 8 nitrogen and oxygen atoms in total. The van der Waals surface area contributed by atoms with E-state index in [-0.39, 0.29) is 25.3 Å². The molecule has 2 aliphatic rings. The van der Waals surface area contributed by atoms with Gasteiger partial charge in [-0.2, -0.15) is 0 Å². The molecule has 1 fully saturated rings. The number of carboxylic acids is 1. The first-order valence-corrected chi connectivity index (χ1v) is 11.0. The molecule has 1 aromatic heterocycles. The number of pyridine rings is 1. The second-order valence-electron chi connectivity index (χ2n) is 8.56. The molecule has 2 aliphatic heterocycles. The third kappa shape index (κ3) is 4.80. The Kier molecular flexibility index (Phi) is 6.50. The van der Waals surface area contributed by atoms with Crippen LogP contribution in [-0.2, 0) is 22.7 Å². The van der Waals surface area contributed by atoms with Crippen LogP contribution in [0.2, 0.25) is 0 Å². The van der Waals surface area contributed by atoms with Crippen molar-refractivity contribution in [3.63, 3.8) is 0 Å². The standard InChI is InChI=1S/C24H28N4O4/c25-22(29)9-8-21(24(31)32)28-15-20-18(23(28)30)6-7-19(26-20)17-10-12-27(13-11-17)14-16-4-2-1-3-5-16/h1-7,17,21H,8-15H2,(H2,25,29)(H,31,32). The maximum Gasteiger partial charge on any atom is 0.326 e. The number of amides is 2. The monoisotopic (exact) mass is 436 g/mol. The lowest BCUT2D eigenvalue weighted by atomic mass is 9.92. The van der Waals surface area contributed by atoms with E-state index in [1.54, 1.807) is 6.07 Å². The highest BCUT2D eigenvalue weighted by Gasteiger charge is 2.37. The van der Waals surface area contributed by atoms with Crippen LogP contribution in [0.4, 0.5) is 0 Å². The van der Waals surface area contributed by atoms with E-state index in [4.69, 9.17) is 10.7 Å². The van der Waals surface area contributed by atoms with Gasteiger partial charge in [0.25, 0.3) is 5.91 Å². The van der Waals surface area contributed by atoms with E-state index < -0.39 is 17.9 Å². The van der Waals surface area contributed by atoms with E-state index in [9.17, 15) is 19.5 Å². The summed E-state index contributed by atoms with van der Waals surface area (Å²) in [5.74, 6) is -1.76. The molecule has 168 valence electrons. The van der Waals surface area contributed by atoms with E-state index in [0.29, 0.717) is 17.2 Å². The smallest absolute Gasteiger partial charge is 0.326 e. The van der Waals surface area contributed by atoms with E-state index in [2.05, 4.69) is 29.2 Å². The molecule has 1 saturated heterocycles. The predicted octanol–water partition coefficient (Wildman–Crippen LogP) is 2.14. The minimum atomic E-state index is -1.14. The van der Waals surface area contributed by atoms with Gasteiger partial charge in [-0.25, -0.2) is 4.79 Å². The highest BCUT2D eigenvalue weighted by Crippen LogP contribution is 2.31. The van der Waals surface area contributed by atoms with Crippen molar-refractivity contribution in [1.29, 1.82) is 0 Å². The zero-order valence-electron chi connectivity index (χ0n) is 17.9. The van der Waals surface area contributed by atoms with Gasteiger partial charge in [0.05, 0.1) is 17.8 Å². The quantitative estimate of drug-likeness (QED) is 0.655. The fourth-order valence-corrected chi connectivity index (χ4v) is 4.62. The van der Waals surface area contributed by atoms with Gasteiger partial charge in [0.15, 0.2) is 0 Å².